The number of nitrogen functional groups attached to an aromatic ring is 1. The van der Waals surface area contributed by atoms with Crippen LogP contribution in [-0.4, -0.2) is 34.6 Å². The fourth-order valence-electron chi connectivity index (χ4n) is 3.77. The second-order valence-electron chi connectivity index (χ2n) is 8.86. The van der Waals surface area contributed by atoms with Crippen molar-refractivity contribution in [2.45, 2.75) is 34.2 Å². The molecule has 2 aromatic carbocycles. The number of esters is 1. The molecule has 3 aromatic rings. The Hall–Kier alpha value is -4.14. The van der Waals surface area contributed by atoms with Crippen molar-refractivity contribution < 1.29 is 14.3 Å². The van der Waals surface area contributed by atoms with Crippen molar-refractivity contribution in [2.75, 3.05) is 23.8 Å². The minimum absolute atomic E-state index is 0.0395. The van der Waals surface area contributed by atoms with Crippen LogP contribution >= 0.6 is 0 Å². The summed E-state index contributed by atoms with van der Waals surface area (Å²) in [6.45, 7) is 7.09. The number of rotatable bonds is 8. The van der Waals surface area contributed by atoms with Gasteiger partial charge in [0.25, 0.3) is 11.5 Å². The molecule has 0 bridgehead atoms. The first-order valence-corrected chi connectivity index (χ1v) is 11.3. The Bertz CT molecular complexity index is 1340. The summed E-state index contributed by atoms with van der Waals surface area (Å²) in [5.74, 6) is -1.45. The minimum Gasteiger partial charge on any atom is -0.452 e. The number of nitrogens with one attached hydrogen (secondary N) is 1. The molecule has 0 atom stereocenters. The van der Waals surface area contributed by atoms with E-state index in [1.165, 1.54) is 9.47 Å². The summed E-state index contributed by atoms with van der Waals surface area (Å²) in [4.78, 5) is 54.5. The second-order valence-corrected chi connectivity index (χ2v) is 8.86. The van der Waals surface area contributed by atoms with E-state index in [9.17, 15) is 19.2 Å². The number of H-pyrrole nitrogens is 1. The zero-order valence-corrected chi connectivity index (χ0v) is 20.3. The highest BCUT2D eigenvalue weighted by molar-refractivity contribution is 5.99. The van der Waals surface area contributed by atoms with Gasteiger partial charge in [-0.3, -0.25) is 19.1 Å². The highest BCUT2D eigenvalue weighted by atomic mass is 16.5. The first kappa shape index (κ1) is 25.5. The van der Waals surface area contributed by atoms with Crippen LogP contribution < -0.4 is 21.9 Å². The normalized spacial score (nSPS) is 10.9. The first-order chi connectivity index (χ1) is 16.6. The van der Waals surface area contributed by atoms with Crippen LogP contribution in [0.3, 0.4) is 0 Å². The number of hydrogen-bond acceptors (Lipinski definition) is 6. The van der Waals surface area contributed by atoms with Gasteiger partial charge in [0.05, 0.1) is 12.1 Å². The standard InChI is InChI=1S/C26H30N4O5/c1-16(2)13-29(21(31)15-35-25(33)20-11-10-17(3)12-18(20)4)22-23(27)30(26(34)28-24(22)32)14-19-8-6-5-7-9-19/h5-12,16H,13-15,27H2,1-4H3,(H,28,32,34). The van der Waals surface area contributed by atoms with Gasteiger partial charge < -0.3 is 15.4 Å². The molecule has 9 nitrogen and oxygen atoms in total. The lowest BCUT2D eigenvalue weighted by Crippen LogP contribution is -2.44. The predicted octanol–water partition coefficient (Wildman–Crippen LogP) is 2.63. The molecule has 184 valence electrons. The van der Waals surface area contributed by atoms with Crippen molar-refractivity contribution in [1.82, 2.24) is 9.55 Å². The van der Waals surface area contributed by atoms with E-state index in [1.807, 2.05) is 57.2 Å². The molecule has 0 saturated carbocycles. The van der Waals surface area contributed by atoms with E-state index in [0.717, 1.165) is 16.7 Å². The van der Waals surface area contributed by atoms with Crippen LogP contribution in [0.2, 0.25) is 0 Å². The molecule has 0 saturated heterocycles. The number of nitrogens with zero attached hydrogens (tertiary/aromatic N) is 2. The molecule has 0 aliphatic heterocycles. The SMILES string of the molecule is Cc1ccc(C(=O)OCC(=O)N(CC(C)C)c2c(N)n(Cc3ccccc3)c(=O)[nH]c2=O)c(C)c1. The zero-order chi connectivity index (χ0) is 25.7. The van der Waals surface area contributed by atoms with Gasteiger partial charge >= 0.3 is 11.7 Å². The number of nitrogens with two attached hydrogens (primary N) is 1. The Kier molecular flexibility index (Phi) is 7.91. The number of hydrogen-bond donors (Lipinski definition) is 2. The van der Waals surface area contributed by atoms with Crippen LogP contribution in [0.15, 0.2) is 58.1 Å². The summed E-state index contributed by atoms with van der Waals surface area (Å²) in [6.07, 6.45) is 0. The maximum atomic E-state index is 13.2. The van der Waals surface area contributed by atoms with Gasteiger partial charge in [-0.25, -0.2) is 9.59 Å². The highest BCUT2D eigenvalue weighted by Crippen LogP contribution is 2.20. The quantitative estimate of drug-likeness (QED) is 0.479. The lowest BCUT2D eigenvalue weighted by Gasteiger charge is -2.26. The average molecular weight is 479 g/mol. The predicted molar refractivity (Wildman–Crippen MR) is 135 cm³/mol. The van der Waals surface area contributed by atoms with Crippen LogP contribution in [-0.2, 0) is 16.1 Å². The van der Waals surface area contributed by atoms with Crippen molar-refractivity contribution in [3.05, 3.63) is 91.6 Å². The third-order valence-electron chi connectivity index (χ3n) is 5.44. The molecule has 0 aliphatic rings. The number of ether oxygens (including phenoxy) is 1. The Morgan fingerprint density at radius 1 is 1.09 bits per heavy atom. The second kappa shape index (κ2) is 10.9. The maximum absolute atomic E-state index is 13.2. The monoisotopic (exact) mass is 478 g/mol. The summed E-state index contributed by atoms with van der Waals surface area (Å²) in [7, 11) is 0. The fraction of sp³-hybridized carbons (Fsp3) is 0.308. The largest absolute Gasteiger partial charge is 0.452 e. The molecule has 9 heteroatoms. The Balaban J connectivity index is 1.91. The number of aromatic amines is 1. The van der Waals surface area contributed by atoms with Gasteiger partial charge in [0.1, 0.15) is 5.82 Å². The van der Waals surface area contributed by atoms with Crippen LogP contribution in [0.4, 0.5) is 11.5 Å². The molecule has 0 aliphatic carbocycles. The van der Waals surface area contributed by atoms with E-state index < -0.39 is 29.7 Å². The number of carbonyl (C=O) groups is 2. The van der Waals surface area contributed by atoms with E-state index in [2.05, 4.69) is 4.98 Å². The molecule has 1 heterocycles. The maximum Gasteiger partial charge on any atom is 0.338 e. The molecule has 0 unspecified atom stereocenters. The number of benzene rings is 2. The molecule has 3 N–H and O–H groups in total. The zero-order valence-electron chi connectivity index (χ0n) is 20.3. The number of carbonyl (C=O) groups excluding carboxylic acids is 2. The van der Waals surface area contributed by atoms with E-state index in [1.54, 1.807) is 19.1 Å². The van der Waals surface area contributed by atoms with Crippen molar-refractivity contribution in [3.63, 3.8) is 0 Å². The smallest absolute Gasteiger partial charge is 0.338 e. The summed E-state index contributed by atoms with van der Waals surface area (Å²) in [5, 5.41) is 0. The van der Waals surface area contributed by atoms with Gasteiger partial charge in [0.2, 0.25) is 0 Å². The van der Waals surface area contributed by atoms with Crippen LogP contribution in [0.5, 0.6) is 0 Å². The van der Waals surface area contributed by atoms with Crippen molar-refractivity contribution in [1.29, 1.82) is 0 Å². The number of amides is 1. The topological polar surface area (TPSA) is 127 Å². The lowest BCUT2D eigenvalue weighted by atomic mass is 10.1. The van der Waals surface area contributed by atoms with Gasteiger partial charge in [-0.15, -0.1) is 0 Å². The molecular weight excluding hydrogens is 448 g/mol. The van der Waals surface area contributed by atoms with Gasteiger partial charge in [-0.1, -0.05) is 61.9 Å². The highest BCUT2D eigenvalue weighted by Gasteiger charge is 2.26. The van der Waals surface area contributed by atoms with Crippen LogP contribution in [0, 0.1) is 19.8 Å². The number of anilines is 2. The van der Waals surface area contributed by atoms with E-state index in [-0.39, 0.29) is 30.5 Å². The summed E-state index contributed by atoms with van der Waals surface area (Å²) >= 11 is 0. The molecule has 0 spiro atoms. The van der Waals surface area contributed by atoms with Gasteiger partial charge in [0, 0.05) is 6.54 Å². The van der Waals surface area contributed by atoms with E-state index in [4.69, 9.17) is 10.5 Å². The van der Waals surface area contributed by atoms with Crippen molar-refractivity contribution in [3.8, 4) is 0 Å². The molecule has 3 rings (SSSR count). The summed E-state index contributed by atoms with van der Waals surface area (Å²) < 4.78 is 6.47. The molecule has 0 fully saturated rings. The molecule has 1 aromatic heterocycles. The van der Waals surface area contributed by atoms with Gasteiger partial charge in [-0.2, -0.15) is 0 Å². The first-order valence-electron chi connectivity index (χ1n) is 11.3. The Morgan fingerprint density at radius 3 is 2.40 bits per heavy atom. The third-order valence-corrected chi connectivity index (χ3v) is 5.44. The van der Waals surface area contributed by atoms with Crippen molar-refractivity contribution in [2.24, 2.45) is 5.92 Å². The van der Waals surface area contributed by atoms with Crippen molar-refractivity contribution >= 4 is 23.4 Å². The van der Waals surface area contributed by atoms with E-state index in [0.29, 0.717) is 5.56 Å². The number of aromatic nitrogens is 2. The average Bonchev–Trinajstić information content (AvgIpc) is 2.79. The minimum atomic E-state index is -0.786. The van der Waals surface area contributed by atoms with Gasteiger partial charge in [-0.05, 0) is 37.0 Å². The van der Waals surface area contributed by atoms with E-state index >= 15 is 0 Å². The number of aryl methyl sites for hydroxylation is 2. The summed E-state index contributed by atoms with van der Waals surface area (Å²) in [6, 6.07) is 14.4. The fourth-order valence-corrected chi connectivity index (χ4v) is 3.77. The van der Waals surface area contributed by atoms with Gasteiger partial charge in [0.15, 0.2) is 12.3 Å². The van der Waals surface area contributed by atoms with Crippen LogP contribution in [0.1, 0.15) is 40.9 Å². The van der Waals surface area contributed by atoms with Crippen LogP contribution in [0.25, 0.3) is 0 Å². The summed E-state index contributed by atoms with van der Waals surface area (Å²) in [5.41, 5.74) is 7.53. The Morgan fingerprint density at radius 2 is 1.77 bits per heavy atom. The lowest BCUT2D eigenvalue weighted by molar-refractivity contribution is -0.121. The third kappa shape index (κ3) is 6.06. The molecule has 0 radical (unpaired) electrons. The molecule has 35 heavy (non-hydrogen) atoms. The Labute approximate surface area is 203 Å². The molecular formula is C26H30N4O5. The molecule has 1 amide bonds.